The van der Waals surface area contributed by atoms with Crippen LogP contribution in [0.4, 0.5) is 0 Å². The number of rotatable bonds is 3. The van der Waals surface area contributed by atoms with Gasteiger partial charge in [0.2, 0.25) is 5.91 Å². The molecule has 1 saturated heterocycles. The van der Waals surface area contributed by atoms with Crippen LogP contribution < -0.4 is 11.1 Å². The fraction of sp³-hybridized carbons (Fsp3) is 0.588. The van der Waals surface area contributed by atoms with Crippen LogP contribution in [0.3, 0.4) is 0 Å². The predicted molar refractivity (Wildman–Crippen MR) is 84.0 cm³/mol. The summed E-state index contributed by atoms with van der Waals surface area (Å²) >= 11 is 0. The Hall–Kier alpha value is -1.39. The molecule has 1 atom stereocenters. The van der Waals surface area contributed by atoms with Crippen LogP contribution in [0.1, 0.15) is 24.0 Å². The molecule has 1 fully saturated rings. The van der Waals surface area contributed by atoms with Crippen molar-refractivity contribution >= 4 is 5.91 Å². The lowest BCUT2D eigenvalue weighted by Crippen LogP contribution is -2.58. The summed E-state index contributed by atoms with van der Waals surface area (Å²) < 4.78 is 0. The molecule has 1 aromatic carbocycles. The van der Waals surface area contributed by atoms with E-state index >= 15 is 0 Å². The molecule has 3 N–H and O–H groups in total. The van der Waals surface area contributed by atoms with Gasteiger partial charge in [0.05, 0.1) is 0 Å². The van der Waals surface area contributed by atoms with Gasteiger partial charge in [-0.05, 0) is 56.3 Å². The molecule has 0 saturated carbocycles. The van der Waals surface area contributed by atoms with Crippen LogP contribution in [-0.2, 0) is 17.6 Å². The molecule has 4 heteroatoms. The minimum absolute atomic E-state index is 0.138. The number of benzene rings is 1. The topological polar surface area (TPSA) is 58.4 Å². The molecule has 114 valence electrons. The Morgan fingerprint density at radius 1 is 1.38 bits per heavy atom. The molecule has 0 bridgehead atoms. The Bertz CT molecular complexity index is 502. The van der Waals surface area contributed by atoms with E-state index in [-0.39, 0.29) is 5.91 Å². The molecule has 1 aromatic rings. The first kappa shape index (κ1) is 14.5. The maximum absolute atomic E-state index is 12.9. The molecule has 1 aliphatic carbocycles. The lowest BCUT2D eigenvalue weighted by atomic mass is 9.91. The first-order chi connectivity index (χ1) is 10.1. The third-order valence-electron chi connectivity index (χ3n) is 4.86. The average Bonchev–Trinajstić information content (AvgIpc) is 2.84. The van der Waals surface area contributed by atoms with Gasteiger partial charge in [0.25, 0.3) is 0 Å². The van der Waals surface area contributed by atoms with Crippen LogP contribution in [0.2, 0.25) is 0 Å². The van der Waals surface area contributed by atoms with Crippen LogP contribution in [0.5, 0.6) is 0 Å². The van der Waals surface area contributed by atoms with Gasteiger partial charge in [-0.3, -0.25) is 4.79 Å². The van der Waals surface area contributed by atoms with Crippen molar-refractivity contribution in [3.8, 4) is 0 Å². The van der Waals surface area contributed by atoms with E-state index in [2.05, 4.69) is 17.4 Å². The molecule has 3 rings (SSSR count). The summed E-state index contributed by atoms with van der Waals surface area (Å²) in [6, 6.07) is 8.24. The van der Waals surface area contributed by atoms with Gasteiger partial charge in [0, 0.05) is 13.1 Å². The number of fused-ring (bicyclic) bond motifs is 1. The number of nitrogens with two attached hydrogens (primary N) is 1. The van der Waals surface area contributed by atoms with Crippen molar-refractivity contribution in [2.75, 3.05) is 26.7 Å². The first-order valence-corrected chi connectivity index (χ1v) is 7.92. The summed E-state index contributed by atoms with van der Waals surface area (Å²) in [4.78, 5) is 14.9. The van der Waals surface area contributed by atoms with Crippen LogP contribution in [0, 0.1) is 5.92 Å². The molecule has 0 aromatic heterocycles. The van der Waals surface area contributed by atoms with Crippen molar-refractivity contribution in [3.63, 3.8) is 0 Å². The highest BCUT2D eigenvalue weighted by molar-refractivity contribution is 5.88. The van der Waals surface area contributed by atoms with Crippen molar-refractivity contribution in [3.05, 3.63) is 35.4 Å². The number of hydrogen-bond donors (Lipinski definition) is 2. The molecular formula is C17H25N3O. The van der Waals surface area contributed by atoms with Crippen molar-refractivity contribution in [2.45, 2.75) is 31.2 Å². The Morgan fingerprint density at radius 2 is 2.05 bits per heavy atom. The summed E-state index contributed by atoms with van der Waals surface area (Å²) in [6.07, 6.45) is 3.63. The van der Waals surface area contributed by atoms with E-state index < -0.39 is 5.54 Å². The molecule has 4 nitrogen and oxygen atoms in total. The van der Waals surface area contributed by atoms with Gasteiger partial charge in [0.15, 0.2) is 0 Å². The van der Waals surface area contributed by atoms with E-state index in [9.17, 15) is 4.79 Å². The van der Waals surface area contributed by atoms with E-state index in [1.165, 1.54) is 17.5 Å². The third-order valence-corrected chi connectivity index (χ3v) is 4.86. The number of carbonyl (C=O) groups excluding carboxylic acids is 1. The van der Waals surface area contributed by atoms with Gasteiger partial charge in [-0.2, -0.15) is 0 Å². The number of amides is 1. The largest absolute Gasteiger partial charge is 0.341 e. The standard InChI is InChI=1S/C17H25N3O/c1-19-11-13-5-4-8-20(12-13)16(21)17(18)9-14-6-2-3-7-15(14)10-17/h2-3,6-7,13,19H,4-5,8-12,18H2,1H3. The number of nitrogens with one attached hydrogen (secondary N) is 1. The molecule has 2 aliphatic rings. The minimum Gasteiger partial charge on any atom is -0.341 e. The lowest BCUT2D eigenvalue weighted by molar-refractivity contribution is -0.138. The SMILES string of the molecule is CNCC1CCCN(C(=O)C2(N)Cc3ccccc3C2)C1. The predicted octanol–water partition coefficient (Wildman–Crippen LogP) is 0.941. The zero-order chi connectivity index (χ0) is 14.9. The monoisotopic (exact) mass is 287 g/mol. The highest BCUT2D eigenvalue weighted by Crippen LogP contribution is 2.31. The van der Waals surface area contributed by atoms with E-state index in [1.54, 1.807) is 0 Å². The molecule has 0 spiro atoms. The Balaban J connectivity index is 1.71. The van der Waals surface area contributed by atoms with Crippen molar-refractivity contribution in [1.82, 2.24) is 10.2 Å². The quantitative estimate of drug-likeness (QED) is 0.870. The Morgan fingerprint density at radius 3 is 2.67 bits per heavy atom. The normalized spacial score (nSPS) is 23.9. The maximum atomic E-state index is 12.9. The second kappa shape index (κ2) is 5.78. The number of hydrogen-bond acceptors (Lipinski definition) is 3. The van der Waals surface area contributed by atoms with Gasteiger partial charge >= 0.3 is 0 Å². The smallest absolute Gasteiger partial charge is 0.243 e. The molecule has 1 heterocycles. The zero-order valence-corrected chi connectivity index (χ0v) is 12.8. The van der Waals surface area contributed by atoms with E-state index in [0.717, 1.165) is 26.1 Å². The Kier molecular flexibility index (Phi) is 4.00. The zero-order valence-electron chi connectivity index (χ0n) is 12.8. The number of piperidine rings is 1. The highest BCUT2D eigenvalue weighted by atomic mass is 16.2. The van der Waals surface area contributed by atoms with Gasteiger partial charge in [-0.1, -0.05) is 24.3 Å². The highest BCUT2D eigenvalue weighted by Gasteiger charge is 2.43. The average molecular weight is 287 g/mol. The van der Waals surface area contributed by atoms with Gasteiger partial charge < -0.3 is 16.0 Å². The van der Waals surface area contributed by atoms with E-state index in [4.69, 9.17) is 5.73 Å². The van der Waals surface area contributed by atoms with Gasteiger partial charge in [0.1, 0.15) is 5.54 Å². The molecule has 1 amide bonds. The van der Waals surface area contributed by atoms with E-state index in [0.29, 0.717) is 18.8 Å². The fourth-order valence-electron chi connectivity index (χ4n) is 3.82. The third kappa shape index (κ3) is 2.83. The summed E-state index contributed by atoms with van der Waals surface area (Å²) in [6.45, 7) is 2.67. The van der Waals surface area contributed by atoms with Crippen LogP contribution in [0.25, 0.3) is 0 Å². The summed E-state index contributed by atoms with van der Waals surface area (Å²) in [7, 11) is 1.97. The minimum atomic E-state index is -0.731. The summed E-state index contributed by atoms with van der Waals surface area (Å²) in [5.74, 6) is 0.694. The second-order valence-electron chi connectivity index (χ2n) is 6.60. The maximum Gasteiger partial charge on any atom is 0.243 e. The Labute approximate surface area is 126 Å². The summed E-state index contributed by atoms with van der Waals surface area (Å²) in [5, 5.41) is 3.22. The first-order valence-electron chi connectivity index (χ1n) is 7.92. The van der Waals surface area contributed by atoms with Crippen molar-refractivity contribution < 1.29 is 4.79 Å². The fourth-order valence-corrected chi connectivity index (χ4v) is 3.82. The molecule has 21 heavy (non-hydrogen) atoms. The van der Waals surface area contributed by atoms with Crippen molar-refractivity contribution in [2.24, 2.45) is 11.7 Å². The van der Waals surface area contributed by atoms with Crippen LogP contribution in [-0.4, -0.2) is 43.0 Å². The van der Waals surface area contributed by atoms with Crippen molar-refractivity contribution in [1.29, 1.82) is 0 Å². The van der Waals surface area contributed by atoms with Crippen LogP contribution in [0.15, 0.2) is 24.3 Å². The number of likely N-dealkylation sites (tertiary alicyclic amines) is 1. The van der Waals surface area contributed by atoms with Gasteiger partial charge in [-0.15, -0.1) is 0 Å². The van der Waals surface area contributed by atoms with Crippen LogP contribution >= 0.6 is 0 Å². The van der Waals surface area contributed by atoms with Gasteiger partial charge in [-0.25, -0.2) is 0 Å². The second-order valence-corrected chi connectivity index (χ2v) is 6.60. The number of carbonyl (C=O) groups is 1. The molecule has 1 aliphatic heterocycles. The number of nitrogens with zero attached hydrogens (tertiary/aromatic N) is 1. The molecule has 1 unspecified atom stereocenters. The van der Waals surface area contributed by atoms with E-state index in [1.807, 2.05) is 24.1 Å². The molecule has 0 radical (unpaired) electrons. The molecular weight excluding hydrogens is 262 g/mol. The lowest BCUT2D eigenvalue weighted by Gasteiger charge is -2.37. The summed E-state index contributed by atoms with van der Waals surface area (Å²) in [5.41, 5.74) is 8.23.